The Labute approximate surface area is 305 Å². The number of nitrogens with one attached hydrogen (secondary N) is 5. The van der Waals surface area contributed by atoms with Crippen molar-refractivity contribution in [2.45, 2.75) is 77.3 Å². The van der Waals surface area contributed by atoms with E-state index >= 15 is 0 Å². The minimum Gasteiger partial charge on any atom is -0.349 e. The molecule has 5 N–H and O–H groups in total. The van der Waals surface area contributed by atoms with Gasteiger partial charge in [-0.2, -0.15) is 11.8 Å². The molecule has 0 spiro atoms. The van der Waals surface area contributed by atoms with Crippen LogP contribution in [0.5, 0.6) is 0 Å². The number of carbonyl (C=O) groups excluding carboxylic acids is 6. The highest BCUT2D eigenvalue weighted by atomic mass is 32.2. The zero-order chi connectivity index (χ0) is 37.7. The number of nitrogens with zero attached hydrogens (tertiary/aromatic N) is 2. The third-order valence-electron chi connectivity index (χ3n) is 8.42. The van der Waals surface area contributed by atoms with Crippen molar-refractivity contribution in [1.29, 1.82) is 0 Å². The normalized spacial score (nSPS) is 23.0. The lowest BCUT2D eigenvalue weighted by molar-refractivity contribution is -0.135. The molecule has 6 amide bonds. The molecule has 1 aliphatic rings. The van der Waals surface area contributed by atoms with Gasteiger partial charge in [-0.15, -0.1) is 0 Å². The first-order valence-corrected chi connectivity index (χ1v) is 18.6. The van der Waals surface area contributed by atoms with Crippen molar-refractivity contribution in [3.05, 3.63) is 71.3 Å². The molecule has 0 aliphatic carbocycles. The van der Waals surface area contributed by atoms with Crippen LogP contribution >= 0.6 is 11.8 Å². The first kappa shape index (κ1) is 41.0. The molecule has 1 aliphatic heterocycles. The second kappa shape index (κ2) is 19.8. The molecule has 278 valence electrons. The average Bonchev–Trinajstić information content (AvgIpc) is 3.07. The number of thioether (sulfide) groups is 1. The molecule has 1 saturated heterocycles. The molecule has 13 nitrogen and oxygen atoms in total. The quantitative estimate of drug-likeness (QED) is 0.258. The summed E-state index contributed by atoms with van der Waals surface area (Å²) in [6.45, 7) is 6.69. The van der Waals surface area contributed by atoms with Gasteiger partial charge in [-0.3, -0.25) is 28.8 Å². The number of hydrogen-bond donors (Lipinski definition) is 5. The van der Waals surface area contributed by atoms with Crippen LogP contribution in [0.4, 0.5) is 0 Å². The summed E-state index contributed by atoms with van der Waals surface area (Å²) in [7, 11) is 3.84. The van der Waals surface area contributed by atoms with E-state index in [4.69, 9.17) is 0 Å². The van der Waals surface area contributed by atoms with Crippen molar-refractivity contribution < 1.29 is 28.8 Å². The summed E-state index contributed by atoms with van der Waals surface area (Å²) >= 11 is 1.50. The fourth-order valence-electron chi connectivity index (χ4n) is 5.71. The molecule has 14 heteroatoms. The van der Waals surface area contributed by atoms with Gasteiger partial charge in [0.25, 0.3) is 5.91 Å². The van der Waals surface area contributed by atoms with Crippen LogP contribution in [-0.2, 0) is 36.9 Å². The van der Waals surface area contributed by atoms with Gasteiger partial charge < -0.3 is 36.4 Å². The van der Waals surface area contributed by atoms with Gasteiger partial charge in [0.2, 0.25) is 29.5 Å². The van der Waals surface area contributed by atoms with Crippen LogP contribution in [0.2, 0.25) is 0 Å². The number of hydrogen-bond acceptors (Lipinski definition) is 8. The average molecular weight is 724 g/mol. The predicted molar refractivity (Wildman–Crippen MR) is 199 cm³/mol. The Bertz CT molecular complexity index is 1520. The summed E-state index contributed by atoms with van der Waals surface area (Å²) < 4.78 is 0. The van der Waals surface area contributed by atoms with Crippen LogP contribution in [0.15, 0.2) is 54.6 Å². The minimum atomic E-state index is -1.05. The van der Waals surface area contributed by atoms with Crippen molar-refractivity contribution in [3.8, 4) is 0 Å². The molecule has 51 heavy (non-hydrogen) atoms. The molecule has 5 atom stereocenters. The third-order valence-corrected chi connectivity index (χ3v) is 9.06. The van der Waals surface area contributed by atoms with Crippen molar-refractivity contribution in [2.75, 3.05) is 39.2 Å². The Hall–Kier alpha value is -4.43. The number of benzene rings is 2. The predicted octanol–water partition coefficient (Wildman–Crippen LogP) is 1.32. The minimum absolute atomic E-state index is 0.0477. The molecule has 0 unspecified atom stereocenters. The maximum Gasteiger partial charge on any atom is 0.254 e. The molecule has 1 heterocycles. The molecule has 0 saturated carbocycles. The third kappa shape index (κ3) is 13.0. The van der Waals surface area contributed by atoms with Crippen molar-refractivity contribution >= 4 is 47.2 Å². The van der Waals surface area contributed by atoms with Crippen LogP contribution in [0.3, 0.4) is 0 Å². The zero-order valence-electron chi connectivity index (χ0n) is 30.7. The topological polar surface area (TPSA) is 169 Å². The summed E-state index contributed by atoms with van der Waals surface area (Å²) in [5.41, 5.74) is 2.15. The smallest absolute Gasteiger partial charge is 0.254 e. The summed E-state index contributed by atoms with van der Waals surface area (Å²) in [5.74, 6) is -3.01. The maximum absolute atomic E-state index is 14.2. The maximum atomic E-state index is 14.2. The zero-order valence-corrected chi connectivity index (χ0v) is 31.5. The van der Waals surface area contributed by atoms with E-state index in [2.05, 4.69) is 26.6 Å². The molecular weight excluding hydrogens is 671 g/mol. The largest absolute Gasteiger partial charge is 0.349 e. The van der Waals surface area contributed by atoms with E-state index in [1.807, 2.05) is 61.6 Å². The second-order valence-corrected chi connectivity index (χ2v) is 14.6. The van der Waals surface area contributed by atoms with E-state index in [1.165, 1.54) is 23.6 Å². The first-order valence-electron chi connectivity index (χ1n) is 17.2. The number of amides is 6. The van der Waals surface area contributed by atoms with E-state index in [-0.39, 0.29) is 12.5 Å². The van der Waals surface area contributed by atoms with Crippen LogP contribution in [0.25, 0.3) is 0 Å². The number of carbonyl (C=O) groups is 6. The molecule has 0 radical (unpaired) electrons. The summed E-state index contributed by atoms with van der Waals surface area (Å²) in [6.07, 6.45) is 2.49. The molecule has 0 aromatic heterocycles. The highest BCUT2D eigenvalue weighted by molar-refractivity contribution is 7.98. The SMILES string of the molecule is CSCC[C@@H]1NC(=O)[C@H](C(C)C)NC(=O)[C@@H](C)NC(=O)CN(C(=O)c2cccc(CN(C)C)c2)C[C@@H](Cc2ccccc2)NC(=O)[C@H](C)NC1=O. The van der Waals surface area contributed by atoms with E-state index < -0.39 is 72.2 Å². The number of rotatable bonds is 9. The van der Waals surface area contributed by atoms with Gasteiger partial charge in [-0.25, -0.2) is 0 Å². The highest BCUT2D eigenvalue weighted by Crippen LogP contribution is 2.14. The summed E-state index contributed by atoms with van der Waals surface area (Å²) in [4.78, 5) is 84.9. The Morgan fingerprint density at radius 3 is 2.12 bits per heavy atom. The monoisotopic (exact) mass is 723 g/mol. The van der Waals surface area contributed by atoms with Crippen LogP contribution in [-0.4, -0.2) is 115 Å². The van der Waals surface area contributed by atoms with Gasteiger partial charge in [0.05, 0.1) is 12.6 Å². The van der Waals surface area contributed by atoms with E-state index in [9.17, 15) is 28.8 Å². The second-order valence-electron chi connectivity index (χ2n) is 13.6. The molecule has 2 aromatic rings. The standard InChI is InChI=1S/C37H53N7O6S/c1-23(2)32-36(49)41-30(16-17-51-7)35(48)39-25(4)33(46)40-29(19-26-12-9-8-10-13-26)21-44(22-31(45)38-24(3)34(47)42-32)37(50)28-15-11-14-27(18-28)20-43(5)6/h8-15,18,23-25,29-30,32H,16-17,19-22H2,1-7H3,(H,38,45)(H,39,48)(H,40,46)(H,41,49)(H,42,47)/t24-,25+,29-,30+,32+/m1/s1. The van der Waals surface area contributed by atoms with Gasteiger partial charge >= 0.3 is 0 Å². The summed E-state index contributed by atoms with van der Waals surface area (Å²) in [6, 6.07) is 11.8. The lowest BCUT2D eigenvalue weighted by atomic mass is 10.0. The van der Waals surface area contributed by atoms with Crippen LogP contribution in [0, 0.1) is 5.92 Å². The van der Waals surface area contributed by atoms with Crippen molar-refractivity contribution in [1.82, 2.24) is 36.4 Å². The Morgan fingerprint density at radius 1 is 0.824 bits per heavy atom. The van der Waals surface area contributed by atoms with E-state index in [0.29, 0.717) is 30.7 Å². The molecular formula is C37H53N7O6S. The van der Waals surface area contributed by atoms with Crippen molar-refractivity contribution in [2.24, 2.45) is 5.92 Å². The molecule has 1 fully saturated rings. The Balaban J connectivity index is 2.04. The van der Waals surface area contributed by atoms with Gasteiger partial charge in [-0.1, -0.05) is 56.3 Å². The summed E-state index contributed by atoms with van der Waals surface area (Å²) in [5, 5.41) is 13.9. The van der Waals surface area contributed by atoms with E-state index in [1.54, 1.807) is 39.0 Å². The van der Waals surface area contributed by atoms with Crippen LogP contribution < -0.4 is 26.6 Å². The fraction of sp³-hybridized carbons (Fsp3) is 0.514. The van der Waals surface area contributed by atoms with Crippen molar-refractivity contribution in [3.63, 3.8) is 0 Å². The highest BCUT2D eigenvalue weighted by Gasteiger charge is 2.33. The van der Waals surface area contributed by atoms with Gasteiger partial charge in [0.15, 0.2) is 0 Å². The Morgan fingerprint density at radius 2 is 1.47 bits per heavy atom. The van der Waals surface area contributed by atoms with Crippen LogP contribution in [0.1, 0.15) is 55.6 Å². The molecule has 2 aromatic carbocycles. The lowest BCUT2D eigenvalue weighted by Crippen LogP contribution is -2.60. The molecule has 0 bridgehead atoms. The Kier molecular flexibility index (Phi) is 15.9. The first-order chi connectivity index (χ1) is 24.2. The fourth-order valence-corrected chi connectivity index (χ4v) is 6.18. The molecule has 3 rings (SSSR count). The van der Waals surface area contributed by atoms with Gasteiger partial charge in [0, 0.05) is 18.7 Å². The lowest BCUT2D eigenvalue weighted by Gasteiger charge is -2.31. The van der Waals surface area contributed by atoms with Gasteiger partial charge in [0.1, 0.15) is 24.2 Å². The van der Waals surface area contributed by atoms with E-state index in [0.717, 1.165) is 11.1 Å². The van der Waals surface area contributed by atoms with Gasteiger partial charge in [-0.05, 0) is 82.0 Å².